The fourth-order valence-corrected chi connectivity index (χ4v) is 3.42. The highest BCUT2D eigenvalue weighted by molar-refractivity contribution is 7.89. The number of hydrogen-bond donors (Lipinski definition) is 2. The smallest absolute Gasteiger partial charge is 0.289 e. The summed E-state index contributed by atoms with van der Waals surface area (Å²) in [5, 5.41) is 10.9. The van der Waals surface area contributed by atoms with Crippen molar-refractivity contribution < 1.29 is 13.3 Å². The van der Waals surface area contributed by atoms with Crippen molar-refractivity contribution in [2.45, 2.75) is 30.7 Å². The molecule has 1 fully saturated rings. The van der Waals surface area contributed by atoms with E-state index in [4.69, 9.17) is 5.73 Å². The van der Waals surface area contributed by atoms with E-state index in [0.29, 0.717) is 5.92 Å². The predicted molar refractivity (Wildman–Crippen MR) is 70.0 cm³/mol. The van der Waals surface area contributed by atoms with Crippen molar-refractivity contribution in [3.8, 4) is 0 Å². The Bertz CT molecular complexity index is 610. The van der Waals surface area contributed by atoms with Crippen LogP contribution in [0.5, 0.6) is 0 Å². The summed E-state index contributed by atoms with van der Waals surface area (Å²) in [6.07, 6.45) is 1.95. The standard InChI is InChI=1S/C11H15N3O4S/c1-7(8-2-3-8)13-19(17,18)11-6-9(12)4-5-10(11)14(15)16/h4-8,13H,2-3,12H2,1H3. The van der Waals surface area contributed by atoms with E-state index in [1.165, 1.54) is 6.07 Å². The van der Waals surface area contributed by atoms with Crippen molar-refractivity contribution in [3.05, 3.63) is 28.3 Å². The van der Waals surface area contributed by atoms with Crippen molar-refractivity contribution in [1.29, 1.82) is 0 Å². The van der Waals surface area contributed by atoms with Gasteiger partial charge in [-0.3, -0.25) is 10.1 Å². The summed E-state index contributed by atoms with van der Waals surface area (Å²) >= 11 is 0. The van der Waals surface area contributed by atoms with Crippen LogP contribution in [0.3, 0.4) is 0 Å². The maximum atomic E-state index is 12.2. The third-order valence-electron chi connectivity index (χ3n) is 3.14. The van der Waals surface area contributed by atoms with Crippen molar-refractivity contribution in [3.63, 3.8) is 0 Å². The van der Waals surface area contributed by atoms with Crippen LogP contribution in [0.15, 0.2) is 23.1 Å². The average Bonchev–Trinajstić information content (AvgIpc) is 3.11. The minimum atomic E-state index is -3.93. The molecule has 7 nitrogen and oxygen atoms in total. The highest BCUT2D eigenvalue weighted by atomic mass is 32.2. The van der Waals surface area contributed by atoms with E-state index in [1.54, 1.807) is 6.92 Å². The number of anilines is 1. The van der Waals surface area contributed by atoms with Gasteiger partial charge < -0.3 is 5.73 Å². The van der Waals surface area contributed by atoms with Gasteiger partial charge in [-0.25, -0.2) is 13.1 Å². The summed E-state index contributed by atoms with van der Waals surface area (Å²) in [4.78, 5) is 9.77. The van der Waals surface area contributed by atoms with Crippen molar-refractivity contribution >= 4 is 21.4 Å². The summed E-state index contributed by atoms with van der Waals surface area (Å²) in [5.41, 5.74) is 5.22. The topological polar surface area (TPSA) is 115 Å². The number of nitro groups is 1. The Morgan fingerprint density at radius 1 is 1.47 bits per heavy atom. The monoisotopic (exact) mass is 285 g/mol. The molecule has 1 atom stereocenters. The summed E-state index contributed by atoms with van der Waals surface area (Å²) in [7, 11) is -3.93. The fourth-order valence-electron chi connectivity index (χ4n) is 1.90. The van der Waals surface area contributed by atoms with Crippen molar-refractivity contribution in [1.82, 2.24) is 4.72 Å². The number of benzene rings is 1. The fraction of sp³-hybridized carbons (Fsp3) is 0.455. The van der Waals surface area contributed by atoms with E-state index in [9.17, 15) is 18.5 Å². The number of nitrogens with one attached hydrogen (secondary N) is 1. The first-order chi connectivity index (χ1) is 8.81. The number of sulfonamides is 1. The van der Waals surface area contributed by atoms with E-state index >= 15 is 0 Å². The molecule has 2 rings (SSSR count). The lowest BCUT2D eigenvalue weighted by Crippen LogP contribution is -2.34. The van der Waals surface area contributed by atoms with Crippen LogP contribution in [-0.2, 0) is 10.0 Å². The van der Waals surface area contributed by atoms with Gasteiger partial charge in [-0.2, -0.15) is 0 Å². The SMILES string of the molecule is CC(NS(=O)(=O)c1cc(N)ccc1[N+](=O)[O-])C1CC1. The summed E-state index contributed by atoms with van der Waals surface area (Å²) in [6, 6.07) is 3.29. The summed E-state index contributed by atoms with van der Waals surface area (Å²) < 4.78 is 26.8. The van der Waals surface area contributed by atoms with Gasteiger partial charge in [0.1, 0.15) is 0 Å². The van der Waals surface area contributed by atoms with Crippen LogP contribution in [-0.4, -0.2) is 19.4 Å². The molecule has 8 heteroatoms. The third-order valence-corrected chi connectivity index (χ3v) is 4.73. The Hall–Kier alpha value is -1.67. The van der Waals surface area contributed by atoms with Gasteiger partial charge in [0.15, 0.2) is 4.90 Å². The highest BCUT2D eigenvalue weighted by Crippen LogP contribution is 2.34. The van der Waals surface area contributed by atoms with Gasteiger partial charge in [0.25, 0.3) is 5.69 Å². The number of nitro benzene ring substituents is 1. The molecule has 1 unspecified atom stereocenters. The Morgan fingerprint density at radius 2 is 2.11 bits per heavy atom. The lowest BCUT2D eigenvalue weighted by atomic mass is 10.2. The van der Waals surface area contributed by atoms with Gasteiger partial charge in [0.2, 0.25) is 10.0 Å². The molecule has 1 aromatic rings. The molecule has 0 aliphatic heterocycles. The number of nitrogens with two attached hydrogens (primary N) is 1. The molecule has 0 heterocycles. The van der Waals surface area contributed by atoms with Crippen LogP contribution in [0.1, 0.15) is 19.8 Å². The second-order valence-electron chi connectivity index (χ2n) is 4.73. The quantitative estimate of drug-likeness (QED) is 0.480. The molecule has 1 aromatic carbocycles. The molecule has 0 radical (unpaired) electrons. The zero-order valence-corrected chi connectivity index (χ0v) is 11.2. The van der Waals surface area contributed by atoms with Crippen LogP contribution in [0.25, 0.3) is 0 Å². The maximum Gasteiger partial charge on any atom is 0.289 e. The first-order valence-corrected chi connectivity index (χ1v) is 7.36. The predicted octanol–water partition coefficient (Wildman–Crippen LogP) is 1.25. The molecule has 1 saturated carbocycles. The largest absolute Gasteiger partial charge is 0.399 e. The number of rotatable bonds is 5. The van der Waals surface area contributed by atoms with Crippen LogP contribution >= 0.6 is 0 Å². The van der Waals surface area contributed by atoms with E-state index < -0.39 is 20.6 Å². The molecule has 1 aliphatic carbocycles. The third kappa shape index (κ3) is 3.02. The lowest BCUT2D eigenvalue weighted by molar-refractivity contribution is -0.387. The van der Waals surface area contributed by atoms with Crippen molar-refractivity contribution in [2.24, 2.45) is 5.92 Å². The average molecular weight is 285 g/mol. The zero-order valence-electron chi connectivity index (χ0n) is 10.4. The zero-order chi connectivity index (χ0) is 14.2. The van der Waals surface area contributed by atoms with Gasteiger partial charge in [-0.15, -0.1) is 0 Å². The Morgan fingerprint density at radius 3 is 2.63 bits per heavy atom. The van der Waals surface area contributed by atoms with Crippen LogP contribution in [0, 0.1) is 16.0 Å². The molecular weight excluding hydrogens is 270 g/mol. The van der Waals surface area contributed by atoms with E-state index in [2.05, 4.69) is 4.72 Å². The van der Waals surface area contributed by atoms with Gasteiger partial charge >= 0.3 is 0 Å². The van der Waals surface area contributed by atoms with E-state index in [-0.39, 0.29) is 16.6 Å². The molecule has 19 heavy (non-hydrogen) atoms. The van der Waals surface area contributed by atoms with Gasteiger partial charge in [-0.1, -0.05) is 0 Å². The van der Waals surface area contributed by atoms with E-state index in [1.807, 2.05) is 0 Å². The number of nitrogens with zero attached hydrogens (tertiary/aromatic N) is 1. The first-order valence-electron chi connectivity index (χ1n) is 5.87. The van der Waals surface area contributed by atoms with Gasteiger partial charge in [0.05, 0.1) is 4.92 Å². The molecule has 0 saturated heterocycles. The van der Waals surface area contributed by atoms with Crippen LogP contribution < -0.4 is 10.5 Å². The number of nitrogen functional groups attached to an aromatic ring is 1. The van der Waals surface area contributed by atoms with E-state index in [0.717, 1.165) is 25.0 Å². The molecule has 104 valence electrons. The normalized spacial score (nSPS) is 17.1. The maximum absolute atomic E-state index is 12.2. The molecule has 0 bridgehead atoms. The molecule has 1 aliphatic rings. The molecule has 0 amide bonds. The van der Waals surface area contributed by atoms with Crippen LogP contribution in [0.2, 0.25) is 0 Å². The Kier molecular flexibility index (Phi) is 3.46. The minimum Gasteiger partial charge on any atom is -0.399 e. The first kappa shape index (κ1) is 13.8. The molecular formula is C11H15N3O4S. The highest BCUT2D eigenvalue weighted by Gasteiger charge is 2.33. The second-order valence-corrected chi connectivity index (χ2v) is 6.41. The molecule has 0 aromatic heterocycles. The number of hydrogen-bond acceptors (Lipinski definition) is 5. The lowest BCUT2D eigenvalue weighted by Gasteiger charge is -2.13. The van der Waals surface area contributed by atoms with Gasteiger partial charge in [0, 0.05) is 17.8 Å². The molecule has 0 spiro atoms. The summed E-state index contributed by atoms with van der Waals surface area (Å²) in [5.74, 6) is 0.315. The summed E-state index contributed by atoms with van der Waals surface area (Å²) in [6.45, 7) is 1.76. The second kappa shape index (κ2) is 4.78. The van der Waals surface area contributed by atoms with Crippen LogP contribution in [0.4, 0.5) is 11.4 Å². The Balaban J connectivity index is 2.38. The van der Waals surface area contributed by atoms with Crippen molar-refractivity contribution in [2.75, 3.05) is 5.73 Å². The molecule has 3 N–H and O–H groups in total. The Labute approximate surface area is 111 Å². The van der Waals surface area contributed by atoms with Gasteiger partial charge in [-0.05, 0) is 37.8 Å². The minimum absolute atomic E-state index is 0.171.